The van der Waals surface area contributed by atoms with Crippen molar-refractivity contribution in [2.24, 2.45) is 0 Å². The van der Waals surface area contributed by atoms with Crippen LogP contribution in [0.2, 0.25) is 0 Å². The first-order valence-corrected chi connectivity index (χ1v) is 7.10. The molecule has 2 aliphatic rings. The summed E-state index contributed by atoms with van der Waals surface area (Å²) in [5.41, 5.74) is 0. The van der Waals surface area contributed by atoms with Crippen molar-refractivity contribution in [1.29, 1.82) is 0 Å². The maximum Gasteiger partial charge on any atom is 0.318 e. The van der Waals surface area contributed by atoms with Gasteiger partial charge in [-0.25, -0.2) is 4.79 Å². The summed E-state index contributed by atoms with van der Waals surface area (Å²) in [5, 5.41) is 5.82. The Hall–Kier alpha value is -1.98. The summed E-state index contributed by atoms with van der Waals surface area (Å²) in [4.78, 5) is 25.7. The SMILES string of the molecule is O=C1CN(C(=O)NCc2ccco2)[C@@H]2CCCC[C@H]2N1. The average molecular weight is 277 g/mol. The van der Waals surface area contributed by atoms with Gasteiger partial charge in [0.25, 0.3) is 0 Å². The first-order chi connectivity index (χ1) is 9.74. The Morgan fingerprint density at radius 1 is 1.45 bits per heavy atom. The predicted molar refractivity (Wildman–Crippen MR) is 71.8 cm³/mol. The van der Waals surface area contributed by atoms with Gasteiger partial charge < -0.3 is 20.0 Å². The average Bonchev–Trinajstić information content (AvgIpc) is 2.97. The molecule has 2 fully saturated rings. The molecule has 1 saturated carbocycles. The number of hydrogen-bond acceptors (Lipinski definition) is 3. The number of piperazine rings is 1. The van der Waals surface area contributed by atoms with Crippen molar-refractivity contribution in [1.82, 2.24) is 15.5 Å². The van der Waals surface area contributed by atoms with Crippen LogP contribution in [0.3, 0.4) is 0 Å². The second kappa shape index (κ2) is 5.56. The molecule has 1 aromatic heterocycles. The zero-order valence-corrected chi connectivity index (χ0v) is 11.3. The lowest BCUT2D eigenvalue weighted by molar-refractivity contribution is -0.126. The molecule has 2 N–H and O–H groups in total. The minimum absolute atomic E-state index is 0.0682. The number of carbonyl (C=O) groups is 2. The normalized spacial score (nSPS) is 25.8. The van der Waals surface area contributed by atoms with E-state index in [9.17, 15) is 9.59 Å². The van der Waals surface area contributed by atoms with Crippen molar-refractivity contribution in [3.8, 4) is 0 Å². The van der Waals surface area contributed by atoms with Crippen LogP contribution in [-0.2, 0) is 11.3 Å². The van der Waals surface area contributed by atoms with E-state index in [4.69, 9.17) is 4.42 Å². The molecule has 20 heavy (non-hydrogen) atoms. The second-order valence-electron chi connectivity index (χ2n) is 5.39. The third-order valence-corrected chi connectivity index (χ3v) is 4.04. The molecule has 2 heterocycles. The number of furan rings is 1. The van der Waals surface area contributed by atoms with Crippen LogP contribution in [0.25, 0.3) is 0 Å². The van der Waals surface area contributed by atoms with Gasteiger partial charge >= 0.3 is 6.03 Å². The summed E-state index contributed by atoms with van der Waals surface area (Å²) in [6.07, 6.45) is 5.72. The van der Waals surface area contributed by atoms with Gasteiger partial charge in [0.2, 0.25) is 5.91 Å². The van der Waals surface area contributed by atoms with Crippen molar-refractivity contribution in [2.75, 3.05) is 6.54 Å². The van der Waals surface area contributed by atoms with Crippen molar-refractivity contribution in [3.63, 3.8) is 0 Å². The summed E-state index contributed by atoms with van der Waals surface area (Å²) in [6, 6.07) is 3.64. The van der Waals surface area contributed by atoms with Crippen LogP contribution in [0.15, 0.2) is 22.8 Å². The maximum absolute atomic E-state index is 12.3. The number of urea groups is 1. The molecular formula is C14H19N3O3. The second-order valence-corrected chi connectivity index (χ2v) is 5.39. The third-order valence-electron chi connectivity index (χ3n) is 4.04. The van der Waals surface area contributed by atoms with Crippen LogP contribution in [0.4, 0.5) is 4.79 Å². The Morgan fingerprint density at radius 2 is 2.30 bits per heavy atom. The Labute approximate surface area is 117 Å². The third kappa shape index (κ3) is 2.64. The number of fused-ring (bicyclic) bond motifs is 1. The number of hydrogen-bond donors (Lipinski definition) is 2. The van der Waals surface area contributed by atoms with E-state index in [1.165, 1.54) is 0 Å². The maximum atomic E-state index is 12.3. The predicted octanol–water partition coefficient (Wildman–Crippen LogP) is 1.23. The topological polar surface area (TPSA) is 74.6 Å². The Morgan fingerprint density at radius 3 is 3.10 bits per heavy atom. The first kappa shape index (κ1) is 13.0. The molecule has 1 aromatic rings. The van der Waals surface area contributed by atoms with E-state index >= 15 is 0 Å². The molecule has 6 heteroatoms. The number of amides is 3. The van der Waals surface area contributed by atoms with Crippen LogP contribution in [-0.4, -0.2) is 35.5 Å². The minimum Gasteiger partial charge on any atom is -0.467 e. The van der Waals surface area contributed by atoms with Gasteiger partial charge in [0, 0.05) is 6.04 Å². The lowest BCUT2D eigenvalue weighted by atomic mass is 9.87. The zero-order valence-electron chi connectivity index (χ0n) is 11.3. The molecule has 3 amide bonds. The van der Waals surface area contributed by atoms with Crippen molar-refractivity contribution in [2.45, 2.75) is 44.3 Å². The first-order valence-electron chi connectivity index (χ1n) is 7.10. The Bertz CT molecular complexity index is 486. The molecule has 1 aliphatic carbocycles. The Balaban J connectivity index is 1.63. The van der Waals surface area contributed by atoms with Gasteiger partial charge in [0.1, 0.15) is 12.3 Å². The van der Waals surface area contributed by atoms with Crippen LogP contribution in [0.5, 0.6) is 0 Å². The van der Waals surface area contributed by atoms with Crippen molar-refractivity contribution >= 4 is 11.9 Å². The fourth-order valence-electron chi connectivity index (χ4n) is 3.08. The number of nitrogens with zero attached hydrogens (tertiary/aromatic N) is 1. The summed E-state index contributed by atoms with van der Waals surface area (Å²) in [6.45, 7) is 0.493. The lowest BCUT2D eigenvalue weighted by Gasteiger charge is -2.43. The molecule has 2 atom stereocenters. The van der Waals surface area contributed by atoms with Gasteiger partial charge in [0.15, 0.2) is 0 Å². The Kier molecular flexibility index (Phi) is 3.62. The fraction of sp³-hybridized carbons (Fsp3) is 0.571. The number of rotatable bonds is 2. The minimum atomic E-state index is -0.187. The highest BCUT2D eigenvalue weighted by atomic mass is 16.3. The lowest BCUT2D eigenvalue weighted by Crippen LogP contribution is -2.64. The van der Waals surface area contributed by atoms with Gasteiger partial charge in [0.05, 0.1) is 18.8 Å². The molecule has 0 unspecified atom stereocenters. The van der Waals surface area contributed by atoms with Gasteiger partial charge in [-0.1, -0.05) is 12.8 Å². The highest BCUT2D eigenvalue weighted by molar-refractivity contribution is 5.86. The van der Waals surface area contributed by atoms with Crippen LogP contribution < -0.4 is 10.6 Å². The molecular weight excluding hydrogens is 258 g/mol. The highest BCUT2D eigenvalue weighted by Crippen LogP contribution is 2.25. The van der Waals surface area contributed by atoms with Crippen molar-refractivity contribution in [3.05, 3.63) is 24.2 Å². The van der Waals surface area contributed by atoms with E-state index in [-0.39, 0.29) is 30.6 Å². The zero-order chi connectivity index (χ0) is 13.9. The summed E-state index contributed by atoms with van der Waals surface area (Å²) >= 11 is 0. The summed E-state index contributed by atoms with van der Waals surface area (Å²) < 4.78 is 5.19. The number of nitrogens with one attached hydrogen (secondary N) is 2. The molecule has 0 bridgehead atoms. The summed E-state index contributed by atoms with van der Waals surface area (Å²) in [7, 11) is 0. The molecule has 0 radical (unpaired) electrons. The number of carbonyl (C=O) groups excluding carboxylic acids is 2. The van der Waals surface area contributed by atoms with Crippen LogP contribution in [0.1, 0.15) is 31.4 Å². The van der Waals surface area contributed by atoms with E-state index in [0.717, 1.165) is 25.7 Å². The van der Waals surface area contributed by atoms with Gasteiger partial charge in [-0.05, 0) is 25.0 Å². The molecule has 1 saturated heterocycles. The molecule has 108 valence electrons. The van der Waals surface area contributed by atoms with E-state index in [2.05, 4.69) is 10.6 Å². The van der Waals surface area contributed by atoms with Crippen molar-refractivity contribution < 1.29 is 14.0 Å². The van der Waals surface area contributed by atoms with Crippen LogP contribution >= 0.6 is 0 Å². The molecule has 6 nitrogen and oxygen atoms in total. The van der Waals surface area contributed by atoms with Crippen LogP contribution in [0, 0.1) is 0 Å². The van der Waals surface area contributed by atoms with Gasteiger partial charge in [-0.2, -0.15) is 0 Å². The highest BCUT2D eigenvalue weighted by Gasteiger charge is 2.38. The summed E-state index contributed by atoms with van der Waals surface area (Å²) in [5.74, 6) is 0.640. The van der Waals surface area contributed by atoms with E-state index < -0.39 is 0 Å². The fourth-order valence-corrected chi connectivity index (χ4v) is 3.08. The molecule has 3 rings (SSSR count). The van der Waals surface area contributed by atoms with E-state index in [0.29, 0.717) is 12.3 Å². The largest absolute Gasteiger partial charge is 0.467 e. The van der Waals surface area contributed by atoms with Gasteiger partial charge in [-0.3, -0.25) is 4.79 Å². The quantitative estimate of drug-likeness (QED) is 0.854. The monoisotopic (exact) mass is 277 g/mol. The smallest absolute Gasteiger partial charge is 0.318 e. The van der Waals surface area contributed by atoms with E-state index in [1.54, 1.807) is 17.2 Å². The molecule has 0 aromatic carbocycles. The molecule has 0 spiro atoms. The van der Waals surface area contributed by atoms with Gasteiger partial charge in [-0.15, -0.1) is 0 Å². The molecule has 1 aliphatic heterocycles. The standard InChI is InChI=1S/C14H19N3O3/c18-13-9-17(12-6-2-1-5-11(12)16-13)14(19)15-8-10-4-3-7-20-10/h3-4,7,11-12H,1-2,5-6,8-9H2,(H,15,19)(H,16,18)/t11-,12-/m1/s1. The van der Waals surface area contributed by atoms with E-state index in [1.807, 2.05) is 6.07 Å².